The summed E-state index contributed by atoms with van der Waals surface area (Å²) in [5.74, 6) is 1.35. The second kappa shape index (κ2) is 47.6. The van der Waals surface area contributed by atoms with E-state index >= 15 is 0 Å². The van der Waals surface area contributed by atoms with Gasteiger partial charge in [-0.2, -0.15) is 0 Å². The summed E-state index contributed by atoms with van der Waals surface area (Å²) in [6.07, 6.45) is 19.9. The van der Waals surface area contributed by atoms with Crippen molar-refractivity contribution in [3.63, 3.8) is 0 Å². The standard InChI is InChI=1S/4C6H6ClN.3C6H7N.2C5H6N2.C4H6Cl2.C4H4ClNS.C4H5NS/c1-5-4-6(7)2-3-8-5;1-5-2-3-6(7)4-8-5;1-5-6(7)3-2-4-8-5;1-5-3-2-4-6(7)8-5;1-6-2-4-7-5-3-6;2*1-6-4-2-3-5-7-6;1-5-2-3-6-4-7-5;1-5-6-3-2-4-7-5;1-3-2-4(3,5)6;1-3-2-7-4(5)6-3;1-4-2-6-3-5-4/h4*2-4H,1H3;3*2-5H,1H3;2*2-4H,1H3;3H,2H2,1H3;2H,1H3;2-3H,1H3. The molecule has 22 heteroatoms. The molecule has 1 fully saturated rings. The molecule has 86 heavy (non-hydrogen) atoms. The molecule has 0 amide bonds. The van der Waals surface area contributed by atoms with E-state index in [2.05, 4.69) is 64.8 Å². The maximum atomic E-state index is 5.65. The summed E-state index contributed by atoms with van der Waals surface area (Å²) in [5.41, 5.74) is 12.1. The van der Waals surface area contributed by atoms with Gasteiger partial charge in [0.05, 0.1) is 21.2 Å². The van der Waals surface area contributed by atoms with Crippen LogP contribution in [-0.2, 0) is 0 Å². The molecule has 1 saturated carbocycles. The Balaban J connectivity index is 0.000000470. The summed E-state index contributed by atoms with van der Waals surface area (Å²) >= 11 is 42.0. The first-order chi connectivity index (χ1) is 40.9. The van der Waals surface area contributed by atoms with E-state index in [0.29, 0.717) is 20.6 Å². The van der Waals surface area contributed by atoms with Gasteiger partial charge in [0, 0.05) is 123 Å². The molecular formula is C64H72Cl7N13S2. The van der Waals surface area contributed by atoms with Crippen LogP contribution in [0.5, 0.6) is 0 Å². The first kappa shape index (κ1) is 77.5. The maximum Gasteiger partial charge on any atom is 0.183 e. The van der Waals surface area contributed by atoms with E-state index in [0.717, 1.165) is 73.5 Å². The second-order valence-corrected chi connectivity index (χ2v) is 23.1. The summed E-state index contributed by atoms with van der Waals surface area (Å²) in [4.78, 5) is 50.8. The molecule has 0 spiro atoms. The van der Waals surface area contributed by atoms with Gasteiger partial charge in [0.25, 0.3) is 0 Å². The second-order valence-electron chi connectivity index (χ2n) is 17.8. The number of aromatic nitrogens is 13. The molecule has 11 heterocycles. The molecule has 1 aliphatic carbocycles. The van der Waals surface area contributed by atoms with Gasteiger partial charge in [-0.3, -0.25) is 34.9 Å². The molecule has 454 valence electrons. The van der Waals surface area contributed by atoms with Crippen molar-refractivity contribution in [2.45, 2.75) is 93.8 Å². The summed E-state index contributed by atoms with van der Waals surface area (Å²) in [5, 5.41) is 6.66. The van der Waals surface area contributed by atoms with E-state index in [1.807, 2.05) is 196 Å². The van der Waals surface area contributed by atoms with Gasteiger partial charge in [0.2, 0.25) is 0 Å². The number of thiazole rings is 2. The minimum atomic E-state index is -0.347. The van der Waals surface area contributed by atoms with Crippen LogP contribution in [0.1, 0.15) is 76.0 Å². The lowest BCUT2D eigenvalue weighted by atomic mass is 10.3. The van der Waals surface area contributed by atoms with Gasteiger partial charge in [0.15, 0.2) is 4.47 Å². The van der Waals surface area contributed by atoms with Crippen molar-refractivity contribution in [1.29, 1.82) is 0 Å². The third-order valence-electron chi connectivity index (χ3n) is 9.71. The molecule has 12 rings (SSSR count). The highest BCUT2D eigenvalue weighted by Crippen LogP contribution is 2.52. The summed E-state index contributed by atoms with van der Waals surface area (Å²) in [6.45, 7) is 23.3. The largest absolute Gasteiger partial charge is 0.265 e. The molecule has 0 saturated heterocycles. The van der Waals surface area contributed by atoms with E-state index in [1.165, 1.54) is 23.2 Å². The highest BCUT2D eigenvalue weighted by Gasteiger charge is 2.47. The fourth-order valence-corrected chi connectivity index (χ4v) is 7.38. The van der Waals surface area contributed by atoms with Crippen molar-refractivity contribution in [1.82, 2.24) is 64.8 Å². The van der Waals surface area contributed by atoms with Crippen molar-refractivity contribution in [2.24, 2.45) is 5.92 Å². The van der Waals surface area contributed by atoms with Crippen LogP contribution in [0.4, 0.5) is 0 Å². The van der Waals surface area contributed by atoms with E-state index < -0.39 is 0 Å². The first-order valence-electron chi connectivity index (χ1n) is 26.2. The Bertz CT molecular complexity index is 3010. The molecule has 1 atom stereocenters. The van der Waals surface area contributed by atoms with Crippen molar-refractivity contribution in [3.05, 3.63) is 287 Å². The number of nitrogens with zero attached hydrogens (tertiary/aromatic N) is 13. The Labute approximate surface area is 551 Å². The highest BCUT2D eigenvalue weighted by atomic mass is 35.5. The Kier molecular flexibility index (Phi) is 42.9. The SMILES string of the molecule is CC1CC1(Cl)Cl.Cc1cc(Cl)ccn1.Cc1ccc(Cl)cn1.Cc1cccc(Cl)n1.Cc1ccccn1.Cc1ccccn1.Cc1ccncc1.Cc1ccncn1.Cc1csc(Cl)n1.Cc1cscn1.Cc1ncccc1Cl.Cc1ncccn1. The Morgan fingerprint density at radius 1 is 0.430 bits per heavy atom. The van der Waals surface area contributed by atoms with Gasteiger partial charge < -0.3 is 0 Å². The zero-order valence-corrected chi connectivity index (χ0v) is 57.0. The number of rotatable bonds is 0. The molecule has 13 nitrogen and oxygen atoms in total. The Morgan fingerprint density at radius 3 is 1.24 bits per heavy atom. The summed E-state index contributed by atoms with van der Waals surface area (Å²) in [7, 11) is 0. The highest BCUT2D eigenvalue weighted by molar-refractivity contribution is 7.14. The monoisotopic (exact) mass is 1330 g/mol. The molecule has 0 radical (unpaired) electrons. The van der Waals surface area contributed by atoms with Crippen LogP contribution in [0.2, 0.25) is 24.7 Å². The van der Waals surface area contributed by atoms with Crippen LogP contribution >= 0.6 is 104 Å². The number of halogens is 7. The van der Waals surface area contributed by atoms with Crippen LogP contribution in [0.3, 0.4) is 0 Å². The predicted molar refractivity (Wildman–Crippen MR) is 363 cm³/mol. The van der Waals surface area contributed by atoms with Crippen molar-refractivity contribution < 1.29 is 0 Å². The van der Waals surface area contributed by atoms with E-state index in [4.69, 9.17) is 81.2 Å². The molecule has 0 bridgehead atoms. The van der Waals surface area contributed by atoms with E-state index in [9.17, 15) is 0 Å². The lowest BCUT2D eigenvalue weighted by molar-refractivity contribution is 0.963. The summed E-state index contributed by atoms with van der Waals surface area (Å²) in [6, 6.07) is 35.8. The molecule has 0 N–H and O–H groups in total. The molecular weight excluding hydrogens is 1260 g/mol. The molecule has 11 aromatic rings. The van der Waals surface area contributed by atoms with Gasteiger partial charge in [-0.05, 0) is 191 Å². The topological polar surface area (TPSA) is 168 Å². The fraction of sp³-hybridized carbons (Fsp3) is 0.234. The molecule has 11 aromatic heterocycles. The minimum absolute atomic E-state index is 0.347. The average molecular weight is 1340 g/mol. The zero-order chi connectivity index (χ0) is 64.0. The van der Waals surface area contributed by atoms with Gasteiger partial charge in [-0.1, -0.05) is 83.1 Å². The Hall–Kier alpha value is -6.50. The third kappa shape index (κ3) is 45.8. The zero-order valence-electron chi connectivity index (χ0n) is 50.1. The quantitative estimate of drug-likeness (QED) is 0.104. The third-order valence-corrected chi connectivity index (χ3v) is 13.6. The number of pyridine rings is 7. The van der Waals surface area contributed by atoms with Crippen LogP contribution in [0, 0.1) is 82.1 Å². The van der Waals surface area contributed by atoms with E-state index in [-0.39, 0.29) is 4.33 Å². The van der Waals surface area contributed by atoms with E-state index in [1.54, 1.807) is 91.5 Å². The van der Waals surface area contributed by atoms with Gasteiger partial charge in [-0.15, -0.1) is 45.9 Å². The van der Waals surface area contributed by atoms with Gasteiger partial charge >= 0.3 is 0 Å². The number of alkyl halides is 2. The minimum Gasteiger partial charge on any atom is -0.265 e. The maximum absolute atomic E-state index is 5.65. The average Bonchev–Trinajstić information content (AvgIpc) is 2.65. The van der Waals surface area contributed by atoms with Gasteiger partial charge in [0.1, 0.15) is 21.6 Å². The van der Waals surface area contributed by atoms with Crippen molar-refractivity contribution in [2.75, 3.05) is 0 Å². The lowest BCUT2D eigenvalue weighted by Crippen LogP contribution is -1.81. The lowest BCUT2D eigenvalue weighted by Gasteiger charge is -1.90. The molecule has 0 aromatic carbocycles. The molecule has 1 aliphatic rings. The number of hydrogen-bond donors (Lipinski definition) is 0. The van der Waals surface area contributed by atoms with Crippen molar-refractivity contribution in [3.8, 4) is 0 Å². The smallest absolute Gasteiger partial charge is 0.183 e. The summed E-state index contributed by atoms with van der Waals surface area (Å²) < 4.78 is 0.275. The molecule has 1 unspecified atom stereocenters. The first-order valence-corrected chi connectivity index (χ1v) is 30.6. The number of aryl methyl sites for hydroxylation is 11. The Morgan fingerprint density at radius 2 is 0.988 bits per heavy atom. The molecule has 0 aliphatic heterocycles. The van der Waals surface area contributed by atoms with Gasteiger partial charge in [-0.25, -0.2) is 29.9 Å². The number of hydrogen-bond acceptors (Lipinski definition) is 15. The normalized spacial score (nSPS) is 11.1. The van der Waals surface area contributed by atoms with Crippen LogP contribution in [0.15, 0.2) is 200 Å². The predicted octanol–water partition coefficient (Wildman–Crippen LogP) is 19.7. The fourth-order valence-electron chi connectivity index (χ4n) is 4.94. The van der Waals surface area contributed by atoms with Crippen molar-refractivity contribution >= 4 is 104 Å². The van der Waals surface area contributed by atoms with Crippen LogP contribution < -0.4 is 0 Å². The van der Waals surface area contributed by atoms with Crippen LogP contribution in [-0.4, -0.2) is 69.1 Å². The van der Waals surface area contributed by atoms with Crippen LogP contribution in [0.25, 0.3) is 0 Å².